The Morgan fingerprint density at radius 2 is 1.95 bits per heavy atom. The number of likely N-dealkylation sites (tertiary alicyclic amines) is 1. The minimum Gasteiger partial charge on any atom is -0.486 e. The van der Waals surface area contributed by atoms with Gasteiger partial charge in [-0.05, 0) is 44.0 Å². The van der Waals surface area contributed by atoms with Crippen LogP contribution in [0.5, 0.6) is 11.5 Å². The Hall–Kier alpha value is -1.26. The quantitative estimate of drug-likeness (QED) is 0.926. The summed E-state index contributed by atoms with van der Waals surface area (Å²) < 4.78 is 11.2. The Labute approximate surface area is 127 Å². The number of piperidine rings is 1. The first-order valence-corrected chi connectivity index (χ1v) is 7.95. The second kappa shape index (κ2) is 6.24. The molecular formula is C17H26N2O2. The Bertz CT molecular complexity index is 492. The van der Waals surface area contributed by atoms with Crippen molar-refractivity contribution in [2.75, 3.05) is 26.8 Å². The summed E-state index contributed by atoms with van der Waals surface area (Å²) in [7, 11) is 2.22. The summed E-state index contributed by atoms with van der Waals surface area (Å²) in [6.45, 7) is 8.00. The van der Waals surface area contributed by atoms with Gasteiger partial charge in [0.25, 0.3) is 0 Å². The molecule has 0 aliphatic carbocycles. The van der Waals surface area contributed by atoms with E-state index in [1.165, 1.54) is 18.5 Å². The molecule has 1 N–H and O–H groups in total. The molecule has 0 bridgehead atoms. The van der Waals surface area contributed by atoms with E-state index in [0.717, 1.165) is 18.0 Å². The van der Waals surface area contributed by atoms with Crippen LogP contribution in [-0.4, -0.2) is 43.8 Å². The summed E-state index contributed by atoms with van der Waals surface area (Å²) in [6, 6.07) is 7.49. The van der Waals surface area contributed by atoms with Crippen molar-refractivity contribution in [2.24, 2.45) is 5.92 Å². The highest BCUT2D eigenvalue weighted by Gasteiger charge is 2.28. The third-order valence-electron chi connectivity index (χ3n) is 4.79. The third-order valence-corrected chi connectivity index (χ3v) is 4.79. The molecule has 2 aliphatic heterocycles. The van der Waals surface area contributed by atoms with Crippen LogP contribution in [0.4, 0.5) is 0 Å². The topological polar surface area (TPSA) is 33.7 Å². The van der Waals surface area contributed by atoms with E-state index < -0.39 is 0 Å². The van der Waals surface area contributed by atoms with Crippen LogP contribution in [0.1, 0.15) is 25.8 Å². The van der Waals surface area contributed by atoms with Crippen molar-refractivity contribution in [3.8, 4) is 11.5 Å². The van der Waals surface area contributed by atoms with Crippen LogP contribution < -0.4 is 14.8 Å². The third kappa shape index (κ3) is 3.33. The second-order valence-corrected chi connectivity index (χ2v) is 6.47. The molecule has 1 aromatic rings. The van der Waals surface area contributed by atoms with E-state index in [9.17, 15) is 0 Å². The zero-order valence-electron chi connectivity index (χ0n) is 13.3. The Balaban J connectivity index is 1.60. The van der Waals surface area contributed by atoms with Crippen molar-refractivity contribution in [1.29, 1.82) is 0 Å². The average Bonchev–Trinajstić information content (AvgIpc) is 2.49. The lowest BCUT2D eigenvalue weighted by Crippen LogP contribution is -2.50. The first-order valence-electron chi connectivity index (χ1n) is 7.95. The molecule has 1 aromatic carbocycles. The van der Waals surface area contributed by atoms with Crippen LogP contribution >= 0.6 is 0 Å². The molecule has 0 saturated carbocycles. The van der Waals surface area contributed by atoms with Crippen LogP contribution in [-0.2, 0) is 6.54 Å². The van der Waals surface area contributed by atoms with Gasteiger partial charge in [-0.1, -0.05) is 13.0 Å². The number of nitrogens with zero attached hydrogens (tertiary/aromatic N) is 1. The van der Waals surface area contributed by atoms with E-state index in [2.05, 4.69) is 43.2 Å². The molecule has 0 amide bonds. The normalized spacial score (nSPS) is 29.4. The number of ether oxygens (including phenoxy) is 2. The minimum absolute atomic E-state index is 0.587. The minimum atomic E-state index is 0.587. The highest BCUT2D eigenvalue weighted by Crippen LogP contribution is 2.31. The molecule has 1 saturated heterocycles. The van der Waals surface area contributed by atoms with Crippen LogP contribution in [0, 0.1) is 5.92 Å². The Kier molecular flexibility index (Phi) is 4.36. The molecule has 0 spiro atoms. The first-order chi connectivity index (χ1) is 10.1. The van der Waals surface area contributed by atoms with Crippen molar-refractivity contribution >= 4 is 0 Å². The SMILES string of the molecule is CC1CN(C)C(C)CC1NCc1ccc2c(c1)OCCO2. The molecule has 4 heteroatoms. The van der Waals surface area contributed by atoms with Gasteiger partial charge in [-0.25, -0.2) is 0 Å². The summed E-state index contributed by atoms with van der Waals surface area (Å²) in [5, 5.41) is 3.72. The van der Waals surface area contributed by atoms with Crippen molar-refractivity contribution in [2.45, 2.75) is 38.9 Å². The van der Waals surface area contributed by atoms with Gasteiger partial charge in [0.1, 0.15) is 13.2 Å². The monoisotopic (exact) mass is 290 g/mol. The van der Waals surface area contributed by atoms with Gasteiger partial charge in [-0.15, -0.1) is 0 Å². The van der Waals surface area contributed by atoms with E-state index in [1.807, 2.05) is 6.07 Å². The fourth-order valence-corrected chi connectivity index (χ4v) is 3.27. The number of fused-ring (bicyclic) bond motifs is 1. The van der Waals surface area contributed by atoms with Gasteiger partial charge in [0.15, 0.2) is 11.5 Å². The summed E-state index contributed by atoms with van der Waals surface area (Å²) in [5.74, 6) is 2.43. The highest BCUT2D eigenvalue weighted by molar-refractivity contribution is 5.43. The summed E-state index contributed by atoms with van der Waals surface area (Å²) in [4.78, 5) is 2.45. The van der Waals surface area contributed by atoms with Crippen LogP contribution in [0.25, 0.3) is 0 Å². The standard InChI is InChI=1S/C17H26N2O2/c1-12-11-19(3)13(2)8-15(12)18-10-14-4-5-16-17(9-14)21-7-6-20-16/h4-5,9,12-13,15,18H,6-8,10-11H2,1-3H3. The summed E-state index contributed by atoms with van der Waals surface area (Å²) in [5.41, 5.74) is 1.26. The Morgan fingerprint density at radius 3 is 2.76 bits per heavy atom. The van der Waals surface area contributed by atoms with Gasteiger partial charge in [-0.3, -0.25) is 0 Å². The molecule has 3 atom stereocenters. The zero-order valence-corrected chi connectivity index (χ0v) is 13.3. The molecule has 4 nitrogen and oxygen atoms in total. The smallest absolute Gasteiger partial charge is 0.161 e. The predicted octanol–water partition coefficient (Wildman–Crippen LogP) is 2.28. The molecule has 1 fully saturated rings. The lowest BCUT2D eigenvalue weighted by atomic mass is 9.89. The van der Waals surface area contributed by atoms with Crippen molar-refractivity contribution in [3.63, 3.8) is 0 Å². The number of hydrogen-bond acceptors (Lipinski definition) is 4. The molecule has 0 aromatic heterocycles. The summed E-state index contributed by atoms with van der Waals surface area (Å²) >= 11 is 0. The Morgan fingerprint density at radius 1 is 1.19 bits per heavy atom. The molecular weight excluding hydrogens is 264 g/mol. The number of benzene rings is 1. The lowest BCUT2D eigenvalue weighted by molar-refractivity contribution is 0.121. The highest BCUT2D eigenvalue weighted by atomic mass is 16.6. The van der Waals surface area contributed by atoms with E-state index >= 15 is 0 Å². The molecule has 0 radical (unpaired) electrons. The molecule has 3 unspecified atom stereocenters. The van der Waals surface area contributed by atoms with Gasteiger partial charge >= 0.3 is 0 Å². The number of nitrogens with one attached hydrogen (secondary N) is 1. The fraction of sp³-hybridized carbons (Fsp3) is 0.647. The zero-order chi connectivity index (χ0) is 14.8. The maximum absolute atomic E-state index is 5.65. The van der Waals surface area contributed by atoms with E-state index in [4.69, 9.17) is 9.47 Å². The maximum Gasteiger partial charge on any atom is 0.161 e. The van der Waals surface area contributed by atoms with Gasteiger partial charge in [0, 0.05) is 25.2 Å². The largest absolute Gasteiger partial charge is 0.486 e. The average molecular weight is 290 g/mol. The van der Waals surface area contributed by atoms with E-state index in [0.29, 0.717) is 31.2 Å². The van der Waals surface area contributed by atoms with E-state index in [1.54, 1.807) is 0 Å². The molecule has 2 aliphatic rings. The van der Waals surface area contributed by atoms with Gasteiger partial charge < -0.3 is 19.7 Å². The van der Waals surface area contributed by atoms with Crippen LogP contribution in [0.3, 0.4) is 0 Å². The fourth-order valence-electron chi connectivity index (χ4n) is 3.27. The molecule has 2 heterocycles. The van der Waals surface area contributed by atoms with E-state index in [-0.39, 0.29) is 0 Å². The molecule has 3 rings (SSSR count). The van der Waals surface area contributed by atoms with Crippen molar-refractivity contribution in [3.05, 3.63) is 23.8 Å². The van der Waals surface area contributed by atoms with Crippen LogP contribution in [0.2, 0.25) is 0 Å². The van der Waals surface area contributed by atoms with Crippen molar-refractivity contribution in [1.82, 2.24) is 10.2 Å². The van der Waals surface area contributed by atoms with Crippen LogP contribution in [0.15, 0.2) is 18.2 Å². The lowest BCUT2D eigenvalue weighted by Gasteiger charge is -2.40. The first kappa shape index (κ1) is 14.7. The number of hydrogen-bond donors (Lipinski definition) is 1. The number of rotatable bonds is 3. The maximum atomic E-state index is 5.65. The predicted molar refractivity (Wildman–Crippen MR) is 83.9 cm³/mol. The molecule has 21 heavy (non-hydrogen) atoms. The van der Waals surface area contributed by atoms with Gasteiger partial charge in [-0.2, -0.15) is 0 Å². The van der Waals surface area contributed by atoms with Gasteiger partial charge in [0.05, 0.1) is 0 Å². The molecule has 116 valence electrons. The second-order valence-electron chi connectivity index (χ2n) is 6.47. The van der Waals surface area contributed by atoms with Crippen molar-refractivity contribution < 1.29 is 9.47 Å². The van der Waals surface area contributed by atoms with Gasteiger partial charge in [0.2, 0.25) is 0 Å². The summed E-state index contributed by atoms with van der Waals surface area (Å²) in [6.07, 6.45) is 1.21.